The minimum Gasteiger partial charge on any atom is -0.478 e. The molecule has 0 atom stereocenters. The van der Waals surface area contributed by atoms with Crippen molar-refractivity contribution in [3.05, 3.63) is 71.9 Å². The number of carboxylic acids is 1. The van der Waals surface area contributed by atoms with Crippen LogP contribution in [0.25, 0.3) is 17.0 Å². The fourth-order valence-electron chi connectivity index (χ4n) is 2.43. The van der Waals surface area contributed by atoms with Gasteiger partial charge in [-0.05, 0) is 42.8 Å². The van der Waals surface area contributed by atoms with Crippen molar-refractivity contribution in [3.8, 4) is 0 Å². The Morgan fingerprint density at radius 1 is 1.08 bits per heavy atom. The standard InChI is InChI=1S/C18H15NO4S/c1-13-2-7-16(8-3-13)24(22,23)19-11-10-15-6-4-14(12-17(15)19)5-9-18(20)21/h2-12H,1H3,(H,20,21). The number of carboxylic acid groups (broad SMARTS) is 1. The molecular formula is C18H15NO4S. The SMILES string of the molecule is Cc1ccc(S(=O)(=O)n2ccc3ccc(C=CC(=O)O)cc32)cc1. The first kappa shape index (κ1) is 16.0. The van der Waals surface area contributed by atoms with Gasteiger partial charge in [0.1, 0.15) is 0 Å². The third-order valence-electron chi connectivity index (χ3n) is 3.68. The maximum absolute atomic E-state index is 12.8. The van der Waals surface area contributed by atoms with Gasteiger partial charge < -0.3 is 5.11 Å². The van der Waals surface area contributed by atoms with Gasteiger partial charge in [0, 0.05) is 17.7 Å². The topological polar surface area (TPSA) is 76.4 Å². The molecule has 0 spiro atoms. The summed E-state index contributed by atoms with van der Waals surface area (Å²) >= 11 is 0. The average Bonchev–Trinajstić information content (AvgIpc) is 2.97. The largest absolute Gasteiger partial charge is 0.478 e. The molecule has 1 aromatic heterocycles. The Bertz CT molecular complexity index is 1040. The molecule has 0 saturated heterocycles. The lowest BCUT2D eigenvalue weighted by molar-refractivity contribution is -0.131. The van der Waals surface area contributed by atoms with E-state index < -0.39 is 16.0 Å². The minimum atomic E-state index is -3.71. The van der Waals surface area contributed by atoms with Crippen molar-refractivity contribution < 1.29 is 18.3 Å². The maximum Gasteiger partial charge on any atom is 0.328 e. The van der Waals surface area contributed by atoms with Gasteiger partial charge in [0.2, 0.25) is 0 Å². The first-order valence-electron chi connectivity index (χ1n) is 7.22. The summed E-state index contributed by atoms with van der Waals surface area (Å²) < 4.78 is 26.9. The van der Waals surface area contributed by atoms with Gasteiger partial charge in [-0.2, -0.15) is 0 Å². The molecule has 0 aliphatic heterocycles. The molecule has 5 nitrogen and oxygen atoms in total. The van der Waals surface area contributed by atoms with Crippen LogP contribution in [0.4, 0.5) is 0 Å². The predicted molar refractivity (Wildman–Crippen MR) is 92.4 cm³/mol. The summed E-state index contributed by atoms with van der Waals surface area (Å²) in [6.45, 7) is 1.89. The summed E-state index contributed by atoms with van der Waals surface area (Å²) in [6, 6.07) is 13.5. The van der Waals surface area contributed by atoms with E-state index in [1.54, 1.807) is 48.5 Å². The van der Waals surface area contributed by atoms with E-state index in [-0.39, 0.29) is 4.90 Å². The highest BCUT2D eigenvalue weighted by Crippen LogP contribution is 2.24. The Hall–Kier alpha value is -2.86. The lowest BCUT2D eigenvalue weighted by atomic mass is 10.1. The summed E-state index contributed by atoms with van der Waals surface area (Å²) in [4.78, 5) is 10.8. The van der Waals surface area contributed by atoms with Gasteiger partial charge in [-0.25, -0.2) is 17.2 Å². The molecule has 0 bridgehead atoms. The zero-order valence-electron chi connectivity index (χ0n) is 12.9. The Morgan fingerprint density at radius 3 is 2.46 bits per heavy atom. The number of hydrogen-bond acceptors (Lipinski definition) is 3. The van der Waals surface area contributed by atoms with Crippen LogP contribution in [0.1, 0.15) is 11.1 Å². The molecule has 6 heteroatoms. The smallest absolute Gasteiger partial charge is 0.328 e. The summed E-state index contributed by atoms with van der Waals surface area (Å²) in [6.07, 6.45) is 3.95. The Morgan fingerprint density at radius 2 is 1.79 bits per heavy atom. The van der Waals surface area contributed by atoms with E-state index in [0.717, 1.165) is 17.0 Å². The van der Waals surface area contributed by atoms with Gasteiger partial charge in [0.05, 0.1) is 10.4 Å². The molecule has 0 aliphatic carbocycles. The Labute approximate surface area is 139 Å². The van der Waals surface area contributed by atoms with Gasteiger partial charge in [-0.15, -0.1) is 0 Å². The molecule has 3 rings (SSSR count). The number of carbonyl (C=O) groups is 1. The maximum atomic E-state index is 12.8. The third-order valence-corrected chi connectivity index (χ3v) is 5.38. The summed E-state index contributed by atoms with van der Waals surface area (Å²) in [5.41, 5.74) is 2.10. The second-order valence-electron chi connectivity index (χ2n) is 5.42. The molecule has 0 fully saturated rings. The van der Waals surface area contributed by atoms with Crippen molar-refractivity contribution in [1.29, 1.82) is 0 Å². The third kappa shape index (κ3) is 2.96. The molecule has 1 heterocycles. The van der Waals surface area contributed by atoms with Gasteiger partial charge in [-0.1, -0.05) is 29.8 Å². The van der Waals surface area contributed by atoms with Crippen LogP contribution in [0.3, 0.4) is 0 Å². The number of aliphatic carboxylic acids is 1. The van der Waals surface area contributed by atoms with E-state index in [1.807, 2.05) is 6.92 Å². The monoisotopic (exact) mass is 341 g/mol. The molecule has 2 aromatic carbocycles. The van der Waals surface area contributed by atoms with Crippen molar-refractivity contribution in [2.45, 2.75) is 11.8 Å². The molecule has 1 N–H and O–H groups in total. The quantitative estimate of drug-likeness (QED) is 0.739. The highest BCUT2D eigenvalue weighted by atomic mass is 32.2. The van der Waals surface area contributed by atoms with Crippen LogP contribution >= 0.6 is 0 Å². The van der Waals surface area contributed by atoms with Crippen molar-refractivity contribution in [2.24, 2.45) is 0 Å². The molecule has 3 aromatic rings. The van der Waals surface area contributed by atoms with Crippen molar-refractivity contribution in [2.75, 3.05) is 0 Å². The molecule has 0 unspecified atom stereocenters. The second kappa shape index (κ2) is 5.98. The molecular weight excluding hydrogens is 326 g/mol. The zero-order valence-corrected chi connectivity index (χ0v) is 13.7. The molecule has 0 saturated carbocycles. The first-order chi connectivity index (χ1) is 11.4. The summed E-state index contributed by atoms with van der Waals surface area (Å²) in [7, 11) is -3.71. The van der Waals surface area contributed by atoms with E-state index in [9.17, 15) is 13.2 Å². The normalized spacial score (nSPS) is 12.0. The van der Waals surface area contributed by atoms with Gasteiger partial charge >= 0.3 is 5.97 Å². The number of fused-ring (bicyclic) bond motifs is 1. The summed E-state index contributed by atoms with van der Waals surface area (Å²) in [5.74, 6) is -1.06. The molecule has 0 radical (unpaired) electrons. The van der Waals surface area contributed by atoms with E-state index in [2.05, 4.69) is 0 Å². The molecule has 0 amide bonds. The number of hydrogen-bond donors (Lipinski definition) is 1. The van der Waals surface area contributed by atoms with Crippen LogP contribution in [0.2, 0.25) is 0 Å². The predicted octanol–water partition coefficient (Wildman–Crippen LogP) is 3.28. The van der Waals surface area contributed by atoms with Crippen LogP contribution in [0, 0.1) is 6.92 Å². The van der Waals surface area contributed by atoms with Gasteiger partial charge in [0.15, 0.2) is 0 Å². The highest BCUT2D eigenvalue weighted by molar-refractivity contribution is 7.90. The minimum absolute atomic E-state index is 0.206. The number of rotatable bonds is 4. The van der Waals surface area contributed by atoms with E-state index in [1.165, 1.54) is 16.2 Å². The van der Waals surface area contributed by atoms with Crippen LogP contribution in [-0.4, -0.2) is 23.5 Å². The van der Waals surface area contributed by atoms with Crippen LogP contribution in [0.5, 0.6) is 0 Å². The fraction of sp³-hybridized carbons (Fsp3) is 0.0556. The molecule has 24 heavy (non-hydrogen) atoms. The van der Waals surface area contributed by atoms with Gasteiger partial charge in [0.25, 0.3) is 10.0 Å². The van der Waals surface area contributed by atoms with E-state index in [4.69, 9.17) is 5.11 Å². The van der Waals surface area contributed by atoms with Crippen molar-refractivity contribution in [1.82, 2.24) is 3.97 Å². The van der Waals surface area contributed by atoms with Crippen molar-refractivity contribution >= 4 is 33.0 Å². The first-order valence-corrected chi connectivity index (χ1v) is 8.66. The second-order valence-corrected chi connectivity index (χ2v) is 7.23. The fourth-order valence-corrected chi connectivity index (χ4v) is 3.77. The number of aromatic nitrogens is 1. The number of benzene rings is 2. The van der Waals surface area contributed by atoms with E-state index >= 15 is 0 Å². The van der Waals surface area contributed by atoms with Gasteiger partial charge in [-0.3, -0.25) is 0 Å². The van der Waals surface area contributed by atoms with Crippen LogP contribution in [-0.2, 0) is 14.8 Å². The lowest BCUT2D eigenvalue weighted by Gasteiger charge is -2.08. The Kier molecular flexibility index (Phi) is 3.99. The van der Waals surface area contributed by atoms with Crippen LogP contribution in [0.15, 0.2) is 65.7 Å². The number of aryl methyl sites for hydroxylation is 1. The highest BCUT2D eigenvalue weighted by Gasteiger charge is 2.18. The molecule has 0 aliphatic rings. The lowest BCUT2D eigenvalue weighted by Crippen LogP contribution is -2.11. The Balaban J connectivity index is 2.13. The van der Waals surface area contributed by atoms with Crippen molar-refractivity contribution in [3.63, 3.8) is 0 Å². The molecule has 122 valence electrons. The number of nitrogens with zero attached hydrogens (tertiary/aromatic N) is 1. The van der Waals surface area contributed by atoms with E-state index in [0.29, 0.717) is 11.1 Å². The summed E-state index contributed by atoms with van der Waals surface area (Å²) in [5, 5.41) is 9.48. The zero-order chi connectivity index (χ0) is 17.3. The average molecular weight is 341 g/mol. The van der Waals surface area contributed by atoms with Crippen LogP contribution < -0.4 is 0 Å².